The zero-order valence-corrected chi connectivity index (χ0v) is 16.0. The summed E-state index contributed by atoms with van der Waals surface area (Å²) >= 11 is 0. The van der Waals surface area contributed by atoms with Crippen molar-refractivity contribution in [2.75, 3.05) is 20.1 Å². The van der Waals surface area contributed by atoms with E-state index in [4.69, 9.17) is 31.0 Å². The molecule has 0 aliphatic rings. The largest absolute Gasteiger partial charge is 0.539 e. The number of terminal acetylenes is 1. The summed E-state index contributed by atoms with van der Waals surface area (Å²) in [4.78, 5) is 19.2. The molecule has 0 heterocycles. The molecule has 2 N–H and O–H groups in total. The van der Waals surface area contributed by atoms with Gasteiger partial charge in [-0.3, -0.25) is 0 Å². The second kappa shape index (κ2) is 12.0. The minimum absolute atomic E-state index is 0.245. The van der Waals surface area contributed by atoms with Gasteiger partial charge in [0, 0.05) is 5.57 Å². The van der Waals surface area contributed by atoms with E-state index in [0.717, 1.165) is 29.0 Å². The third kappa shape index (κ3) is 9.22. The Labute approximate surface area is 168 Å². The molecule has 0 amide bonds. The van der Waals surface area contributed by atoms with Gasteiger partial charge in [-0.25, -0.2) is 9.18 Å². The smallest absolute Gasteiger partial charge is 0.351 e. The normalized spacial score (nSPS) is 10.7. The summed E-state index contributed by atoms with van der Waals surface area (Å²) in [5, 5.41) is 16.3. The summed E-state index contributed by atoms with van der Waals surface area (Å²) < 4.78 is 18.7. The van der Waals surface area contributed by atoms with Gasteiger partial charge in [0.05, 0.1) is 7.05 Å². The van der Waals surface area contributed by atoms with Crippen LogP contribution in [0, 0.1) is 18.2 Å². The molecule has 1 unspecified atom stereocenters. The van der Waals surface area contributed by atoms with Gasteiger partial charge >= 0.3 is 5.97 Å². The van der Waals surface area contributed by atoms with Crippen LogP contribution in [0.3, 0.4) is 0 Å². The molecule has 1 atom stereocenters. The fourth-order valence-corrected chi connectivity index (χ4v) is 2.26. The first-order chi connectivity index (χ1) is 13.7. The Kier molecular flexibility index (Phi) is 9.65. The molecule has 0 saturated carbocycles. The van der Waals surface area contributed by atoms with Gasteiger partial charge in [-0.05, 0) is 41.3 Å². The van der Waals surface area contributed by atoms with Gasteiger partial charge in [0.15, 0.2) is 5.97 Å². The molecule has 6 nitrogen and oxygen atoms in total. The zero-order chi connectivity index (χ0) is 21.8. The molecule has 2 aromatic rings. The van der Waals surface area contributed by atoms with E-state index in [1.807, 2.05) is 31.3 Å². The number of rotatable bonds is 7. The Morgan fingerprint density at radius 3 is 2.45 bits per heavy atom. The molecule has 0 saturated heterocycles. The SMILES string of the molecule is C#CC[NH+](C)CC(=C)c1cccc(OCc2ccc(F)cc2)c1.O=C([O-])C(=O)O. The monoisotopic (exact) mass is 399 g/mol. The topological polar surface area (TPSA) is 91.1 Å². The molecule has 152 valence electrons. The lowest BCUT2D eigenvalue weighted by molar-refractivity contribution is -0.863. The lowest BCUT2D eigenvalue weighted by Crippen LogP contribution is -3.08. The summed E-state index contributed by atoms with van der Waals surface area (Å²) in [6.07, 6.45) is 5.33. The fraction of sp³-hybridized carbons (Fsp3) is 0.182. The van der Waals surface area contributed by atoms with Gasteiger partial charge in [0.25, 0.3) is 0 Å². The molecular weight excluding hydrogens is 377 g/mol. The van der Waals surface area contributed by atoms with Gasteiger partial charge in [0.2, 0.25) is 0 Å². The third-order valence-electron chi connectivity index (χ3n) is 3.65. The minimum atomic E-state index is -2.07. The number of benzene rings is 2. The van der Waals surface area contributed by atoms with E-state index in [0.29, 0.717) is 13.2 Å². The van der Waals surface area contributed by atoms with Crippen molar-refractivity contribution in [2.45, 2.75) is 6.61 Å². The van der Waals surface area contributed by atoms with Crippen molar-refractivity contribution in [1.29, 1.82) is 0 Å². The molecule has 0 fully saturated rings. The van der Waals surface area contributed by atoms with Crippen molar-refractivity contribution < 1.29 is 33.8 Å². The van der Waals surface area contributed by atoms with Crippen LogP contribution in [0.4, 0.5) is 4.39 Å². The van der Waals surface area contributed by atoms with Gasteiger partial charge in [-0.1, -0.05) is 30.8 Å². The Bertz CT molecular complexity index is 875. The first-order valence-corrected chi connectivity index (χ1v) is 8.57. The van der Waals surface area contributed by atoms with Crippen LogP contribution in [0.5, 0.6) is 5.75 Å². The number of likely N-dealkylation sites (N-methyl/N-ethyl adjacent to an activating group) is 1. The number of carboxylic acid groups (broad SMARTS) is 2. The molecule has 0 spiro atoms. The Morgan fingerprint density at radius 2 is 1.90 bits per heavy atom. The Balaban J connectivity index is 0.000000612. The standard InChI is InChI=1S/C20H20FNO.C2H2O4/c1-4-12-22(3)14-16(2)18-6-5-7-20(13-18)23-15-17-8-10-19(21)11-9-17;3-1(4)2(5)6/h1,5-11,13H,2,12,14-15H2,3H3;(H,3,4)(H,5,6). The van der Waals surface area contributed by atoms with E-state index < -0.39 is 11.9 Å². The first-order valence-electron chi connectivity index (χ1n) is 8.57. The van der Waals surface area contributed by atoms with Gasteiger partial charge in [-0.2, -0.15) is 0 Å². The van der Waals surface area contributed by atoms with E-state index in [2.05, 4.69) is 12.5 Å². The maximum Gasteiger partial charge on any atom is 0.351 e. The number of quaternary nitrogens is 1. The highest BCUT2D eigenvalue weighted by Gasteiger charge is 2.07. The summed E-state index contributed by atoms with van der Waals surface area (Å²) in [5.74, 6) is -0.839. The van der Waals surface area contributed by atoms with E-state index in [1.54, 1.807) is 12.1 Å². The first kappa shape index (κ1) is 23.4. The van der Waals surface area contributed by atoms with E-state index in [9.17, 15) is 4.39 Å². The lowest BCUT2D eigenvalue weighted by atomic mass is 10.1. The average molecular weight is 399 g/mol. The number of nitrogens with one attached hydrogen (secondary N) is 1. The van der Waals surface area contributed by atoms with Crippen LogP contribution in [-0.2, 0) is 16.2 Å². The Hall–Kier alpha value is -3.63. The second-order valence-electron chi connectivity index (χ2n) is 6.15. The van der Waals surface area contributed by atoms with Gasteiger partial charge < -0.3 is 24.6 Å². The maximum absolute atomic E-state index is 12.9. The maximum atomic E-state index is 12.9. The highest BCUT2D eigenvalue weighted by atomic mass is 19.1. The van der Waals surface area contributed by atoms with Crippen LogP contribution >= 0.6 is 0 Å². The Morgan fingerprint density at radius 1 is 1.28 bits per heavy atom. The predicted octanol–water partition coefficient (Wildman–Crippen LogP) is 0.387. The van der Waals surface area contributed by atoms with Crippen molar-refractivity contribution >= 4 is 17.5 Å². The predicted molar refractivity (Wildman–Crippen MR) is 104 cm³/mol. The molecule has 29 heavy (non-hydrogen) atoms. The van der Waals surface area contributed by atoms with Crippen LogP contribution in [0.1, 0.15) is 11.1 Å². The molecule has 7 heteroatoms. The lowest BCUT2D eigenvalue weighted by Gasteiger charge is -2.14. The molecule has 2 rings (SSSR count). The van der Waals surface area contributed by atoms with Crippen molar-refractivity contribution in [3.63, 3.8) is 0 Å². The number of hydrogen-bond donors (Lipinski definition) is 2. The van der Waals surface area contributed by atoms with E-state index in [-0.39, 0.29) is 5.82 Å². The number of carboxylic acids is 2. The van der Waals surface area contributed by atoms with Crippen molar-refractivity contribution in [3.8, 4) is 18.1 Å². The van der Waals surface area contributed by atoms with E-state index >= 15 is 0 Å². The highest BCUT2D eigenvalue weighted by Crippen LogP contribution is 2.19. The fourth-order valence-electron chi connectivity index (χ4n) is 2.26. The summed E-state index contributed by atoms with van der Waals surface area (Å²) in [6.45, 7) is 5.98. The average Bonchev–Trinajstić information content (AvgIpc) is 2.68. The molecule has 0 aromatic heterocycles. The van der Waals surface area contributed by atoms with Crippen LogP contribution in [-0.4, -0.2) is 37.2 Å². The second-order valence-corrected chi connectivity index (χ2v) is 6.15. The van der Waals surface area contributed by atoms with Crippen LogP contribution in [0.15, 0.2) is 55.1 Å². The molecular formula is C22H22FNO5. The number of hydrogen-bond acceptors (Lipinski definition) is 4. The molecule has 0 radical (unpaired) electrons. The molecule has 0 bridgehead atoms. The van der Waals surface area contributed by atoms with Gasteiger partial charge in [-0.15, -0.1) is 6.42 Å². The van der Waals surface area contributed by atoms with Gasteiger partial charge in [0.1, 0.15) is 31.3 Å². The number of carbonyl (C=O) groups excluding carboxylic acids is 1. The van der Waals surface area contributed by atoms with Crippen LogP contribution < -0.4 is 14.7 Å². The number of aliphatic carboxylic acids is 2. The molecule has 0 aliphatic carbocycles. The summed E-state index contributed by atoms with van der Waals surface area (Å²) in [5.41, 5.74) is 2.98. The third-order valence-corrected chi connectivity index (χ3v) is 3.65. The highest BCUT2D eigenvalue weighted by molar-refractivity contribution is 6.26. The molecule has 0 aliphatic heterocycles. The van der Waals surface area contributed by atoms with Crippen molar-refractivity contribution in [3.05, 3.63) is 72.1 Å². The zero-order valence-electron chi connectivity index (χ0n) is 16.0. The van der Waals surface area contributed by atoms with E-state index in [1.165, 1.54) is 17.0 Å². The van der Waals surface area contributed by atoms with Crippen LogP contribution in [0.2, 0.25) is 0 Å². The number of ether oxygens (including phenoxy) is 1. The summed E-state index contributed by atoms with van der Waals surface area (Å²) in [7, 11) is 2.04. The van der Waals surface area contributed by atoms with Crippen molar-refractivity contribution in [1.82, 2.24) is 0 Å². The number of carbonyl (C=O) groups is 2. The minimum Gasteiger partial charge on any atom is -0.539 e. The van der Waals surface area contributed by atoms with Crippen molar-refractivity contribution in [2.24, 2.45) is 0 Å². The summed E-state index contributed by atoms with van der Waals surface area (Å²) in [6, 6.07) is 14.1. The molecule has 2 aromatic carbocycles. The van der Waals surface area contributed by atoms with Crippen LogP contribution in [0.25, 0.3) is 5.57 Å². The number of halogens is 1. The quantitative estimate of drug-likeness (QED) is 0.519.